The maximum absolute atomic E-state index is 13.0. The first-order valence-corrected chi connectivity index (χ1v) is 9.38. The van der Waals surface area contributed by atoms with Crippen LogP contribution in [0.4, 0.5) is 30.9 Å². The highest BCUT2D eigenvalue weighted by atomic mass is 19.3. The lowest BCUT2D eigenvalue weighted by molar-refractivity contribution is -0.115. The first kappa shape index (κ1) is 21.0. The number of alkyl halides is 2. The van der Waals surface area contributed by atoms with Crippen molar-refractivity contribution >= 4 is 29.3 Å². The largest absolute Gasteiger partial charge is 0.439 e. The lowest BCUT2D eigenvalue weighted by atomic mass is 10.1. The minimum atomic E-state index is -3.00. The standard InChI is InChI=1S/C21H17F2N5O4/c1-12-9-15(31-17-7-8-25-20(24)26-17)5-6-16(12)28-18(29)11-27(21(28)30)13-3-2-4-14(10-13)32-19(22)23/h2-10,19H,11H2,1H3,(H2,24,25,26). The van der Waals surface area contributed by atoms with Gasteiger partial charge in [0.25, 0.3) is 5.91 Å². The van der Waals surface area contributed by atoms with Gasteiger partial charge in [0.1, 0.15) is 18.0 Å². The number of anilines is 3. The highest BCUT2D eigenvalue weighted by Crippen LogP contribution is 2.32. The molecule has 1 aliphatic heterocycles. The Kier molecular flexibility index (Phi) is 5.54. The Morgan fingerprint density at radius 1 is 1.09 bits per heavy atom. The summed E-state index contributed by atoms with van der Waals surface area (Å²) in [5.41, 5.74) is 6.78. The molecule has 1 fully saturated rings. The van der Waals surface area contributed by atoms with Gasteiger partial charge in [-0.25, -0.2) is 14.7 Å². The molecule has 0 spiro atoms. The lowest BCUT2D eigenvalue weighted by Crippen LogP contribution is -2.33. The van der Waals surface area contributed by atoms with Gasteiger partial charge in [-0.2, -0.15) is 13.8 Å². The maximum Gasteiger partial charge on any atom is 0.387 e. The van der Waals surface area contributed by atoms with Crippen LogP contribution >= 0.6 is 0 Å². The van der Waals surface area contributed by atoms with Crippen molar-refractivity contribution in [2.75, 3.05) is 22.1 Å². The fourth-order valence-electron chi connectivity index (χ4n) is 3.24. The molecule has 1 aliphatic rings. The molecule has 2 N–H and O–H groups in total. The van der Waals surface area contributed by atoms with Gasteiger partial charge in [0.05, 0.1) is 5.69 Å². The zero-order valence-corrected chi connectivity index (χ0v) is 16.7. The molecular weight excluding hydrogens is 424 g/mol. The first-order valence-electron chi connectivity index (χ1n) is 9.38. The highest BCUT2D eigenvalue weighted by Gasteiger charge is 2.38. The molecule has 0 unspecified atom stereocenters. The Hall–Kier alpha value is -4.28. The van der Waals surface area contributed by atoms with Gasteiger partial charge in [-0.15, -0.1) is 0 Å². The monoisotopic (exact) mass is 441 g/mol. The van der Waals surface area contributed by atoms with E-state index in [0.29, 0.717) is 17.0 Å². The first-order chi connectivity index (χ1) is 15.3. The van der Waals surface area contributed by atoms with E-state index in [0.717, 1.165) is 4.90 Å². The molecule has 4 rings (SSSR count). The summed E-state index contributed by atoms with van der Waals surface area (Å²) in [5.74, 6) is 0.161. The molecule has 1 aromatic heterocycles. The van der Waals surface area contributed by atoms with Crippen LogP contribution in [0.2, 0.25) is 0 Å². The Bertz CT molecular complexity index is 1190. The molecule has 1 saturated heterocycles. The van der Waals surface area contributed by atoms with Crippen LogP contribution in [-0.4, -0.2) is 35.1 Å². The van der Waals surface area contributed by atoms with Crippen LogP contribution in [0.3, 0.4) is 0 Å². The van der Waals surface area contributed by atoms with E-state index >= 15 is 0 Å². The summed E-state index contributed by atoms with van der Waals surface area (Å²) >= 11 is 0. The van der Waals surface area contributed by atoms with Crippen molar-refractivity contribution in [2.24, 2.45) is 0 Å². The fraction of sp³-hybridized carbons (Fsp3) is 0.143. The third-order valence-corrected chi connectivity index (χ3v) is 4.60. The zero-order valence-electron chi connectivity index (χ0n) is 16.7. The van der Waals surface area contributed by atoms with E-state index in [1.165, 1.54) is 41.4 Å². The molecule has 0 bridgehead atoms. The molecular formula is C21H17F2N5O4. The highest BCUT2D eigenvalue weighted by molar-refractivity contribution is 6.27. The summed E-state index contributed by atoms with van der Waals surface area (Å²) in [6, 6.07) is 11.3. The smallest absolute Gasteiger partial charge is 0.387 e. The average Bonchev–Trinajstić information content (AvgIpc) is 3.02. The van der Waals surface area contributed by atoms with E-state index in [1.54, 1.807) is 25.1 Å². The van der Waals surface area contributed by atoms with E-state index in [9.17, 15) is 18.4 Å². The van der Waals surface area contributed by atoms with Crippen LogP contribution in [0.1, 0.15) is 5.56 Å². The van der Waals surface area contributed by atoms with Crippen molar-refractivity contribution in [1.29, 1.82) is 0 Å². The number of amides is 3. The van der Waals surface area contributed by atoms with Gasteiger partial charge in [0, 0.05) is 24.0 Å². The predicted molar refractivity (Wildman–Crippen MR) is 111 cm³/mol. The van der Waals surface area contributed by atoms with Crippen molar-refractivity contribution in [3.8, 4) is 17.4 Å². The van der Waals surface area contributed by atoms with Gasteiger partial charge in [-0.05, 0) is 42.8 Å². The van der Waals surface area contributed by atoms with Crippen molar-refractivity contribution in [3.05, 3.63) is 60.3 Å². The Morgan fingerprint density at radius 3 is 2.62 bits per heavy atom. The van der Waals surface area contributed by atoms with E-state index < -0.39 is 18.5 Å². The van der Waals surface area contributed by atoms with Crippen molar-refractivity contribution in [3.63, 3.8) is 0 Å². The van der Waals surface area contributed by atoms with Crippen LogP contribution in [0.15, 0.2) is 54.7 Å². The number of carbonyl (C=O) groups is 2. The molecule has 3 aromatic rings. The van der Waals surface area contributed by atoms with Gasteiger partial charge in [-0.3, -0.25) is 9.69 Å². The van der Waals surface area contributed by atoms with Gasteiger partial charge in [0.15, 0.2) is 0 Å². The minimum absolute atomic E-state index is 0.0622. The number of halogens is 2. The molecule has 164 valence electrons. The molecule has 0 saturated carbocycles. The number of hydrogen-bond donors (Lipinski definition) is 1. The second-order valence-electron chi connectivity index (χ2n) is 6.78. The van der Waals surface area contributed by atoms with E-state index in [4.69, 9.17) is 10.5 Å². The number of carbonyl (C=O) groups excluding carboxylic acids is 2. The van der Waals surface area contributed by atoms with E-state index in [2.05, 4.69) is 14.7 Å². The summed E-state index contributed by atoms with van der Waals surface area (Å²) in [7, 11) is 0. The van der Waals surface area contributed by atoms with E-state index in [1.807, 2.05) is 0 Å². The van der Waals surface area contributed by atoms with Gasteiger partial charge >= 0.3 is 12.6 Å². The van der Waals surface area contributed by atoms with Crippen LogP contribution < -0.4 is 25.0 Å². The molecule has 0 aliphatic carbocycles. The Labute approximate surface area is 181 Å². The van der Waals surface area contributed by atoms with E-state index in [-0.39, 0.29) is 29.8 Å². The number of urea groups is 1. The molecule has 2 aromatic carbocycles. The second-order valence-corrected chi connectivity index (χ2v) is 6.78. The van der Waals surface area contributed by atoms with Crippen LogP contribution in [0.25, 0.3) is 0 Å². The molecule has 3 amide bonds. The Morgan fingerprint density at radius 2 is 1.91 bits per heavy atom. The normalized spacial score (nSPS) is 13.8. The summed E-state index contributed by atoms with van der Waals surface area (Å²) in [6.45, 7) is -1.52. The lowest BCUT2D eigenvalue weighted by Gasteiger charge is -2.19. The molecule has 11 heteroatoms. The number of aryl methyl sites for hydroxylation is 1. The SMILES string of the molecule is Cc1cc(Oc2ccnc(N)n2)ccc1N1C(=O)CN(c2cccc(OC(F)F)c2)C1=O. The number of imide groups is 1. The topological polar surface area (TPSA) is 111 Å². The molecule has 0 atom stereocenters. The second kappa shape index (κ2) is 8.46. The molecule has 9 nitrogen and oxygen atoms in total. The molecule has 32 heavy (non-hydrogen) atoms. The summed E-state index contributed by atoms with van der Waals surface area (Å²) in [6.07, 6.45) is 1.45. The number of rotatable bonds is 6. The number of nitrogens with zero attached hydrogens (tertiary/aromatic N) is 4. The number of nitrogens with two attached hydrogens (primary N) is 1. The fourth-order valence-corrected chi connectivity index (χ4v) is 3.24. The van der Waals surface area contributed by atoms with Gasteiger partial charge in [-0.1, -0.05) is 6.07 Å². The number of hydrogen-bond acceptors (Lipinski definition) is 7. The number of nitrogen functional groups attached to an aromatic ring is 1. The Balaban J connectivity index is 1.56. The van der Waals surface area contributed by atoms with Gasteiger partial charge in [0.2, 0.25) is 11.8 Å². The number of benzene rings is 2. The number of ether oxygens (including phenoxy) is 2. The zero-order chi connectivity index (χ0) is 22.8. The van der Waals surface area contributed by atoms with Crippen molar-refractivity contribution in [1.82, 2.24) is 9.97 Å². The molecule has 0 radical (unpaired) electrons. The summed E-state index contributed by atoms with van der Waals surface area (Å²) in [4.78, 5) is 35.6. The third kappa shape index (κ3) is 4.26. The van der Waals surface area contributed by atoms with Gasteiger partial charge < -0.3 is 15.2 Å². The van der Waals surface area contributed by atoms with Crippen molar-refractivity contribution in [2.45, 2.75) is 13.5 Å². The summed E-state index contributed by atoms with van der Waals surface area (Å²) in [5, 5.41) is 0. The van der Waals surface area contributed by atoms with Crippen LogP contribution in [0.5, 0.6) is 17.4 Å². The van der Waals surface area contributed by atoms with Crippen LogP contribution in [0, 0.1) is 6.92 Å². The molecule has 2 heterocycles. The van der Waals surface area contributed by atoms with Crippen molar-refractivity contribution < 1.29 is 27.8 Å². The minimum Gasteiger partial charge on any atom is -0.439 e. The predicted octanol–water partition coefficient (Wildman–Crippen LogP) is 3.73. The average molecular weight is 441 g/mol. The number of aromatic nitrogens is 2. The maximum atomic E-state index is 13.0. The summed E-state index contributed by atoms with van der Waals surface area (Å²) < 4.78 is 35.0. The third-order valence-electron chi connectivity index (χ3n) is 4.60. The van der Waals surface area contributed by atoms with Crippen LogP contribution in [-0.2, 0) is 4.79 Å². The quantitative estimate of drug-likeness (QED) is 0.580.